The number of carbonyl (C=O) groups excluding carboxylic acids is 2. The molecule has 0 fully saturated rings. The van der Waals surface area contributed by atoms with E-state index in [0.717, 1.165) is 24.1 Å². The van der Waals surface area contributed by atoms with Crippen molar-refractivity contribution in [1.82, 2.24) is 4.90 Å². The van der Waals surface area contributed by atoms with Crippen molar-refractivity contribution >= 4 is 17.5 Å². The van der Waals surface area contributed by atoms with Gasteiger partial charge in [0.05, 0.1) is 26.2 Å². The fourth-order valence-electron chi connectivity index (χ4n) is 5.18. The van der Waals surface area contributed by atoms with Gasteiger partial charge in [-0.2, -0.15) is 0 Å². The summed E-state index contributed by atoms with van der Waals surface area (Å²) >= 11 is 0. The number of hydrogen-bond donors (Lipinski definition) is 1. The van der Waals surface area contributed by atoms with Crippen LogP contribution in [0, 0.1) is 0 Å². The standard InChI is InChI=1S/C28H28N2O4/c1-4-17-9-11-19(12-10-17)29-27(31)25-21-15-23(33-2)24(34-3)16-22(21)28(32)30-14-13-18-7-5-6-8-20(18)26(25)30/h5-12,15-16,25-26H,4,13-14H2,1-3H3,(H,29,31)/t25-,26-/m0/s1. The van der Waals surface area contributed by atoms with Gasteiger partial charge in [-0.15, -0.1) is 0 Å². The predicted octanol–water partition coefficient (Wildman–Crippen LogP) is 4.74. The van der Waals surface area contributed by atoms with E-state index in [9.17, 15) is 9.59 Å². The Morgan fingerprint density at radius 1 is 1.00 bits per heavy atom. The largest absolute Gasteiger partial charge is 0.493 e. The lowest BCUT2D eigenvalue weighted by Gasteiger charge is -2.45. The summed E-state index contributed by atoms with van der Waals surface area (Å²) in [6.07, 6.45) is 1.69. The highest BCUT2D eigenvalue weighted by molar-refractivity contribution is 6.05. The number of aryl methyl sites for hydroxylation is 1. The maximum absolute atomic E-state index is 13.9. The zero-order valence-corrected chi connectivity index (χ0v) is 19.6. The zero-order valence-electron chi connectivity index (χ0n) is 19.6. The number of carbonyl (C=O) groups is 2. The molecule has 34 heavy (non-hydrogen) atoms. The molecule has 6 nitrogen and oxygen atoms in total. The molecular weight excluding hydrogens is 428 g/mol. The normalized spacial score (nSPS) is 18.4. The van der Waals surface area contributed by atoms with Crippen LogP contribution >= 0.6 is 0 Å². The molecule has 6 heteroatoms. The predicted molar refractivity (Wildman–Crippen MR) is 131 cm³/mol. The molecule has 5 rings (SSSR count). The second-order valence-corrected chi connectivity index (χ2v) is 8.70. The van der Waals surface area contributed by atoms with Crippen LogP contribution in [0.2, 0.25) is 0 Å². The molecule has 0 saturated carbocycles. The van der Waals surface area contributed by atoms with E-state index in [2.05, 4.69) is 18.3 Å². The number of nitrogens with one attached hydrogen (secondary N) is 1. The van der Waals surface area contributed by atoms with Crippen molar-refractivity contribution in [3.05, 3.63) is 88.5 Å². The lowest BCUT2D eigenvalue weighted by Crippen LogP contribution is -2.49. The van der Waals surface area contributed by atoms with E-state index < -0.39 is 12.0 Å². The average Bonchev–Trinajstić information content (AvgIpc) is 2.88. The summed E-state index contributed by atoms with van der Waals surface area (Å²) in [4.78, 5) is 29.3. The van der Waals surface area contributed by atoms with Gasteiger partial charge in [0, 0.05) is 17.8 Å². The third-order valence-corrected chi connectivity index (χ3v) is 6.94. The number of methoxy groups -OCH3 is 2. The molecule has 0 saturated heterocycles. The van der Waals surface area contributed by atoms with Crippen LogP contribution in [-0.2, 0) is 17.6 Å². The Hall–Kier alpha value is -3.80. The average molecular weight is 457 g/mol. The molecule has 0 aliphatic carbocycles. The molecule has 3 aromatic rings. The summed E-state index contributed by atoms with van der Waals surface area (Å²) in [5, 5.41) is 3.10. The topological polar surface area (TPSA) is 67.9 Å². The monoisotopic (exact) mass is 456 g/mol. The molecule has 2 heterocycles. The van der Waals surface area contributed by atoms with Crippen LogP contribution in [0.1, 0.15) is 51.5 Å². The Balaban J connectivity index is 1.65. The van der Waals surface area contributed by atoms with E-state index in [1.54, 1.807) is 26.4 Å². The number of rotatable bonds is 5. The van der Waals surface area contributed by atoms with Gasteiger partial charge in [-0.3, -0.25) is 9.59 Å². The maximum atomic E-state index is 13.9. The number of hydrogen-bond acceptors (Lipinski definition) is 4. The molecule has 0 aromatic heterocycles. The summed E-state index contributed by atoms with van der Waals surface area (Å²) < 4.78 is 11.0. The van der Waals surface area contributed by atoms with E-state index in [1.165, 1.54) is 11.1 Å². The maximum Gasteiger partial charge on any atom is 0.254 e. The van der Waals surface area contributed by atoms with Crippen LogP contribution in [0.4, 0.5) is 5.69 Å². The van der Waals surface area contributed by atoms with Gasteiger partial charge >= 0.3 is 0 Å². The molecule has 1 N–H and O–H groups in total. The van der Waals surface area contributed by atoms with E-state index in [-0.39, 0.29) is 11.8 Å². The molecule has 0 unspecified atom stereocenters. The molecular formula is C28H28N2O4. The number of fused-ring (bicyclic) bond motifs is 4. The van der Waals surface area contributed by atoms with Crippen LogP contribution in [0.25, 0.3) is 0 Å². The lowest BCUT2D eigenvalue weighted by molar-refractivity contribution is -0.119. The number of ether oxygens (including phenoxy) is 2. The fraction of sp³-hybridized carbons (Fsp3) is 0.286. The summed E-state index contributed by atoms with van der Waals surface area (Å²) in [6, 6.07) is 19.1. The van der Waals surface area contributed by atoms with Gasteiger partial charge in [0.15, 0.2) is 11.5 Å². The Morgan fingerprint density at radius 2 is 1.71 bits per heavy atom. The highest BCUT2D eigenvalue weighted by atomic mass is 16.5. The van der Waals surface area contributed by atoms with Crippen LogP contribution in [-0.4, -0.2) is 37.5 Å². The van der Waals surface area contributed by atoms with Crippen molar-refractivity contribution in [3.63, 3.8) is 0 Å². The number of nitrogens with zero attached hydrogens (tertiary/aromatic N) is 1. The van der Waals surface area contributed by atoms with Crippen molar-refractivity contribution in [2.45, 2.75) is 31.7 Å². The number of anilines is 1. The first-order valence-corrected chi connectivity index (χ1v) is 11.6. The second-order valence-electron chi connectivity index (χ2n) is 8.70. The van der Waals surface area contributed by atoms with Crippen LogP contribution in [0.3, 0.4) is 0 Å². The first-order valence-electron chi connectivity index (χ1n) is 11.6. The van der Waals surface area contributed by atoms with Crippen molar-refractivity contribution in [2.24, 2.45) is 0 Å². The van der Waals surface area contributed by atoms with E-state index in [1.807, 2.05) is 47.4 Å². The first-order chi connectivity index (χ1) is 16.5. The minimum atomic E-state index is -0.597. The third-order valence-electron chi connectivity index (χ3n) is 6.94. The molecule has 2 aliphatic heterocycles. The molecule has 2 amide bonds. The quantitative estimate of drug-likeness (QED) is 0.602. The first kappa shape index (κ1) is 22.0. The van der Waals surface area contributed by atoms with Gasteiger partial charge in [-0.1, -0.05) is 43.3 Å². The fourth-order valence-corrected chi connectivity index (χ4v) is 5.18. The highest BCUT2D eigenvalue weighted by Crippen LogP contribution is 2.48. The highest BCUT2D eigenvalue weighted by Gasteiger charge is 2.47. The Labute approximate surface area is 199 Å². The lowest BCUT2D eigenvalue weighted by atomic mass is 9.75. The summed E-state index contributed by atoms with van der Waals surface area (Å²) in [6.45, 7) is 2.66. The molecule has 0 bridgehead atoms. The van der Waals surface area contributed by atoms with Crippen molar-refractivity contribution in [3.8, 4) is 11.5 Å². The number of amides is 2. The Bertz CT molecular complexity index is 1250. The summed E-state index contributed by atoms with van der Waals surface area (Å²) in [5.41, 5.74) is 5.26. The van der Waals surface area contributed by atoms with E-state index >= 15 is 0 Å². The van der Waals surface area contributed by atoms with Crippen LogP contribution in [0.15, 0.2) is 60.7 Å². The van der Waals surface area contributed by atoms with Crippen molar-refractivity contribution < 1.29 is 19.1 Å². The summed E-state index contributed by atoms with van der Waals surface area (Å²) in [5.74, 6) is 0.125. The molecule has 2 atom stereocenters. The van der Waals surface area contributed by atoms with Gasteiger partial charge < -0.3 is 19.7 Å². The van der Waals surface area contributed by atoms with Crippen molar-refractivity contribution in [2.75, 3.05) is 26.1 Å². The smallest absolute Gasteiger partial charge is 0.254 e. The van der Waals surface area contributed by atoms with Gasteiger partial charge in [0.2, 0.25) is 5.91 Å². The SMILES string of the molecule is CCc1ccc(NC(=O)[C@H]2c3cc(OC)c(OC)cc3C(=O)N3CCc4ccccc4[C@@H]23)cc1. The van der Waals surface area contributed by atoms with Gasteiger partial charge in [0.1, 0.15) is 0 Å². The minimum absolute atomic E-state index is 0.0909. The van der Waals surface area contributed by atoms with Gasteiger partial charge in [-0.25, -0.2) is 0 Å². The zero-order chi connectivity index (χ0) is 23.8. The molecule has 0 radical (unpaired) electrons. The second kappa shape index (κ2) is 8.86. The molecule has 3 aromatic carbocycles. The van der Waals surface area contributed by atoms with E-state index in [0.29, 0.717) is 29.2 Å². The minimum Gasteiger partial charge on any atom is -0.493 e. The van der Waals surface area contributed by atoms with Gasteiger partial charge in [-0.05, 0) is 59.4 Å². The van der Waals surface area contributed by atoms with Crippen LogP contribution < -0.4 is 14.8 Å². The van der Waals surface area contributed by atoms with Gasteiger partial charge in [0.25, 0.3) is 5.91 Å². The number of benzene rings is 3. The molecule has 2 aliphatic rings. The Kier molecular flexibility index (Phi) is 5.74. The van der Waals surface area contributed by atoms with E-state index in [4.69, 9.17) is 9.47 Å². The molecule has 0 spiro atoms. The summed E-state index contributed by atoms with van der Waals surface area (Å²) in [7, 11) is 3.10. The molecule has 174 valence electrons. The van der Waals surface area contributed by atoms with Crippen LogP contribution in [0.5, 0.6) is 11.5 Å². The van der Waals surface area contributed by atoms with Crippen molar-refractivity contribution in [1.29, 1.82) is 0 Å². The Morgan fingerprint density at radius 3 is 2.41 bits per heavy atom. The third kappa shape index (κ3) is 3.59.